The van der Waals surface area contributed by atoms with Gasteiger partial charge in [0.1, 0.15) is 0 Å². The summed E-state index contributed by atoms with van der Waals surface area (Å²) in [5, 5.41) is 3.34. The largest absolute Gasteiger partial charge is 0.381 e. The highest BCUT2D eigenvalue weighted by atomic mass is 32.1. The van der Waals surface area contributed by atoms with Crippen molar-refractivity contribution in [2.75, 3.05) is 20.2 Å². The van der Waals surface area contributed by atoms with Crippen LogP contribution in [0.25, 0.3) is 0 Å². The monoisotopic (exact) mass is 316 g/mol. The van der Waals surface area contributed by atoms with Crippen LogP contribution in [0, 0.1) is 12.8 Å². The molecule has 2 atom stereocenters. The SMILES string of the molecule is CO[C@H]1CCN(Cc2csc(C)n2)C[C@H]1Cc1ccccc1. The van der Waals surface area contributed by atoms with Gasteiger partial charge in [-0.05, 0) is 25.3 Å². The maximum Gasteiger partial charge on any atom is 0.0897 e. The second-order valence-electron chi connectivity index (χ2n) is 6.11. The number of piperidine rings is 1. The molecule has 1 aliphatic heterocycles. The molecule has 3 rings (SSSR count). The van der Waals surface area contributed by atoms with E-state index in [0.717, 1.165) is 37.5 Å². The summed E-state index contributed by atoms with van der Waals surface area (Å²) in [7, 11) is 1.85. The van der Waals surface area contributed by atoms with Crippen molar-refractivity contribution in [1.82, 2.24) is 9.88 Å². The van der Waals surface area contributed by atoms with Crippen LogP contribution in [0.15, 0.2) is 35.7 Å². The molecule has 22 heavy (non-hydrogen) atoms. The van der Waals surface area contributed by atoms with Gasteiger partial charge in [0.25, 0.3) is 0 Å². The number of thiazole rings is 1. The molecule has 0 N–H and O–H groups in total. The third kappa shape index (κ3) is 3.94. The maximum atomic E-state index is 5.74. The molecular formula is C18H24N2OS. The summed E-state index contributed by atoms with van der Waals surface area (Å²) in [6, 6.07) is 10.8. The fraction of sp³-hybridized carbons (Fsp3) is 0.500. The van der Waals surface area contributed by atoms with E-state index in [9.17, 15) is 0 Å². The number of aromatic nitrogens is 1. The van der Waals surface area contributed by atoms with Crippen LogP contribution in [0.1, 0.15) is 22.7 Å². The number of hydrogen-bond donors (Lipinski definition) is 0. The van der Waals surface area contributed by atoms with Crippen molar-refractivity contribution in [1.29, 1.82) is 0 Å². The molecule has 0 spiro atoms. The summed E-state index contributed by atoms with van der Waals surface area (Å²) in [6.07, 6.45) is 2.57. The maximum absolute atomic E-state index is 5.74. The standard InChI is InChI=1S/C18H24N2OS/c1-14-19-17(13-22-14)12-20-9-8-18(21-2)16(11-20)10-15-6-4-3-5-7-15/h3-7,13,16,18H,8-12H2,1-2H3/t16-,18+/m1/s1. The Kier molecular flexibility index (Phi) is 5.24. The predicted molar refractivity (Wildman–Crippen MR) is 91.2 cm³/mol. The van der Waals surface area contributed by atoms with E-state index in [4.69, 9.17) is 4.74 Å². The molecule has 0 amide bonds. The van der Waals surface area contributed by atoms with Crippen LogP contribution in [0.4, 0.5) is 0 Å². The molecule has 0 radical (unpaired) electrons. The lowest BCUT2D eigenvalue weighted by Crippen LogP contribution is -2.44. The Morgan fingerprint density at radius 1 is 1.32 bits per heavy atom. The minimum atomic E-state index is 0.369. The van der Waals surface area contributed by atoms with Gasteiger partial charge in [0, 0.05) is 38.0 Å². The van der Waals surface area contributed by atoms with E-state index in [1.807, 2.05) is 7.11 Å². The smallest absolute Gasteiger partial charge is 0.0897 e. The summed E-state index contributed by atoms with van der Waals surface area (Å²) >= 11 is 1.74. The molecule has 1 fully saturated rings. The number of benzene rings is 1. The minimum Gasteiger partial charge on any atom is -0.381 e. The Morgan fingerprint density at radius 2 is 2.14 bits per heavy atom. The quantitative estimate of drug-likeness (QED) is 0.844. The lowest BCUT2D eigenvalue weighted by atomic mass is 9.88. The Morgan fingerprint density at radius 3 is 2.82 bits per heavy atom. The first-order valence-corrected chi connectivity index (χ1v) is 8.82. The number of rotatable bonds is 5. The van der Waals surface area contributed by atoms with Gasteiger partial charge in [-0.3, -0.25) is 4.90 Å². The van der Waals surface area contributed by atoms with Gasteiger partial charge in [-0.1, -0.05) is 30.3 Å². The molecule has 0 saturated carbocycles. The zero-order chi connectivity index (χ0) is 15.4. The van der Waals surface area contributed by atoms with Gasteiger partial charge in [-0.25, -0.2) is 4.98 Å². The van der Waals surface area contributed by atoms with Crippen LogP contribution in [-0.2, 0) is 17.7 Å². The molecule has 0 aliphatic carbocycles. The first kappa shape index (κ1) is 15.7. The summed E-state index contributed by atoms with van der Waals surface area (Å²) in [6.45, 7) is 5.22. The highest BCUT2D eigenvalue weighted by Crippen LogP contribution is 2.25. The molecule has 1 aromatic carbocycles. The van der Waals surface area contributed by atoms with Crippen LogP contribution in [0.3, 0.4) is 0 Å². The number of hydrogen-bond acceptors (Lipinski definition) is 4. The van der Waals surface area contributed by atoms with Crippen LogP contribution in [0.2, 0.25) is 0 Å². The van der Waals surface area contributed by atoms with Crippen molar-refractivity contribution in [3.8, 4) is 0 Å². The van der Waals surface area contributed by atoms with E-state index in [0.29, 0.717) is 12.0 Å². The number of ether oxygens (including phenoxy) is 1. The van der Waals surface area contributed by atoms with Crippen LogP contribution >= 0.6 is 11.3 Å². The number of nitrogens with zero attached hydrogens (tertiary/aromatic N) is 2. The topological polar surface area (TPSA) is 25.4 Å². The van der Waals surface area contributed by atoms with E-state index >= 15 is 0 Å². The zero-order valence-electron chi connectivity index (χ0n) is 13.4. The van der Waals surface area contributed by atoms with Crippen LogP contribution < -0.4 is 0 Å². The molecule has 4 heteroatoms. The van der Waals surface area contributed by atoms with Gasteiger partial charge in [-0.15, -0.1) is 11.3 Å². The normalized spacial score (nSPS) is 22.8. The molecule has 1 aliphatic rings. The summed E-state index contributed by atoms with van der Waals surface area (Å²) in [4.78, 5) is 7.12. The summed E-state index contributed by atoms with van der Waals surface area (Å²) in [5.41, 5.74) is 2.61. The van der Waals surface area contributed by atoms with E-state index in [1.165, 1.54) is 11.3 Å². The molecule has 0 unspecified atom stereocenters. The Bertz CT molecular complexity index is 584. The van der Waals surface area contributed by atoms with Crippen LogP contribution in [0.5, 0.6) is 0 Å². The number of methoxy groups -OCH3 is 1. The van der Waals surface area contributed by atoms with Crippen molar-refractivity contribution in [3.05, 3.63) is 52.0 Å². The first-order valence-electron chi connectivity index (χ1n) is 7.94. The van der Waals surface area contributed by atoms with Gasteiger partial charge < -0.3 is 4.74 Å². The minimum absolute atomic E-state index is 0.369. The average molecular weight is 316 g/mol. The number of likely N-dealkylation sites (tertiary alicyclic amines) is 1. The molecule has 1 saturated heterocycles. The van der Waals surface area contributed by atoms with Crippen molar-refractivity contribution in [2.45, 2.75) is 32.4 Å². The van der Waals surface area contributed by atoms with E-state index < -0.39 is 0 Å². The predicted octanol–water partition coefficient (Wildman–Crippen LogP) is 3.53. The van der Waals surface area contributed by atoms with E-state index in [1.54, 1.807) is 11.3 Å². The van der Waals surface area contributed by atoms with Crippen molar-refractivity contribution in [2.24, 2.45) is 5.92 Å². The van der Waals surface area contributed by atoms with E-state index in [2.05, 4.69) is 52.5 Å². The van der Waals surface area contributed by atoms with Gasteiger partial charge in [0.15, 0.2) is 0 Å². The molecule has 0 bridgehead atoms. The molecule has 1 aromatic heterocycles. The molecule has 3 nitrogen and oxygen atoms in total. The highest BCUT2D eigenvalue weighted by Gasteiger charge is 2.29. The number of aryl methyl sites for hydroxylation is 1. The third-order valence-corrected chi connectivity index (χ3v) is 5.27. The first-order chi connectivity index (χ1) is 10.7. The lowest BCUT2D eigenvalue weighted by molar-refractivity contribution is -0.00874. The van der Waals surface area contributed by atoms with Crippen molar-refractivity contribution >= 4 is 11.3 Å². The second kappa shape index (κ2) is 7.36. The summed E-state index contributed by atoms with van der Waals surface area (Å²) < 4.78 is 5.74. The van der Waals surface area contributed by atoms with Gasteiger partial charge in [0.2, 0.25) is 0 Å². The fourth-order valence-corrected chi connectivity index (χ4v) is 3.97. The second-order valence-corrected chi connectivity index (χ2v) is 7.17. The Hall–Kier alpha value is -1.23. The van der Waals surface area contributed by atoms with Gasteiger partial charge >= 0.3 is 0 Å². The van der Waals surface area contributed by atoms with E-state index in [-0.39, 0.29) is 0 Å². The molecule has 2 aromatic rings. The third-order valence-electron chi connectivity index (χ3n) is 4.44. The fourth-order valence-electron chi connectivity index (χ4n) is 3.36. The lowest BCUT2D eigenvalue weighted by Gasteiger charge is -2.37. The van der Waals surface area contributed by atoms with Gasteiger partial charge in [-0.2, -0.15) is 0 Å². The zero-order valence-corrected chi connectivity index (χ0v) is 14.2. The van der Waals surface area contributed by atoms with Crippen LogP contribution in [-0.4, -0.2) is 36.2 Å². The molecule has 2 heterocycles. The summed E-state index contributed by atoms with van der Waals surface area (Å²) in [5.74, 6) is 0.556. The highest BCUT2D eigenvalue weighted by molar-refractivity contribution is 7.09. The molecule has 118 valence electrons. The van der Waals surface area contributed by atoms with Crippen molar-refractivity contribution < 1.29 is 4.74 Å². The van der Waals surface area contributed by atoms with Gasteiger partial charge in [0.05, 0.1) is 16.8 Å². The average Bonchev–Trinajstić information content (AvgIpc) is 2.94. The Labute approximate surface area is 137 Å². The van der Waals surface area contributed by atoms with Crippen molar-refractivity contribution in [3.63, 3.8) is 0 Å². The molecular weight excluding hydrogens is 292 g/mol. The Balaban J connectivity index is 1.64.